The van der Waals surface area contributed by atoms with Crippen molar-refractivity contribution in [2.24, 2.45) is 0 Å². The summed E-state index contributed by atoms with van der Waals surface area (Å²) < 4.78 is 22.5. The van der Waals surface area contributed by atoms with Gasteiger partial charge in [-0.05, 0) is 24.3 Å². The van der Waals surface area contributed by atoms with E-state index >= 15 is 0 Å². The van der Waals surface area contributed by atoms with Crippen LogP contribution in [0.3, 0.4) is 0 Å². The molecule has 22 heavy (non-hydrogen) atoms. The van der Waals surface area contributed by atoms with E-state index in [1.54, 1.807) is 6.66 Å². The fourth-order valence-corrected chi connectivity index (χ4v) is 3.01. The van der Waals surface area contributed by atoms with Gasteiger partial charge in [0.05, 0.1) is 12.3 Å². The summed E-state index contributed by atoms with van der Waals surface area (Å²) >= 11 is 5.96. The second kappa shape index (κ2) is 6.74. The van der Waals surface area contributed by atoms with Gasteiger partial charge in [-0.1, -0.05) is 35.9 Å². The number of nitrogens with zero attached hydrogens (tertiary/aromatic N) is 1. The van der Waals surface area contributed by atoms with E-state index in [1.165, 1.54) is 0 Å². The van der Waals surface area contributed by atoms with Crippen LogP contribution in [0.15, 0.2) is 48.5 Å². The Balaban J connectivity index is 1.85. The molecule has 0 radical (unpaired) electrons. The molecule has 0 fully saturated rings. The quantitative estimate of drug-likeness (QED) is 0.760. The predicted molar refractivity (Wildman–Crippen MR) is 89.5 cm³/mol. The van der Waals surface area contributed by atoms with Crippen LogP contribution in [0, 0.1) is 0 Å². The van der Waals surface area contributed by atoms with Gasteiger partial charge in [0.1, 0.15) is 5.75 Å². The van der Waals surface area contributed by atoms with Crippen molar-refractivity contribution in [1.29, 1.82) is 0 Å². The molecule has 1 aliphatic heterocycles. The first kappa shape index (κ1) is 15.4. The normalized spacial score (nSPS) is 17.9. The summed E-state index contributed by atoms with van der Waals surface area (Å²) in [5.74, 6) is 0.839. The zero-order chi connectivity index (χ0) is 15.5. The number of para-hydroxylation sites is 2. The van der Waals surface area contributed by atoms with Gasteiger partial charge in [0, 0.05) is 23.8 Å². The average molecular weight is 338 g/mol. The van der Waals surface area contributed by atoms with Gasteiger partial charge in [-0.3, -0.25) is 4.57 Å². The third kappa shape index (κ3) is 3.30. The summed E-state index contributed by atoms with van der Waals surface area (Å²) in [6.07, 6.45) is -0.225. The largest absolute Gasteiger partial charge is 0.464 e. The molecule has 1 aliphatic rings. The average Bonchev–Trinajstić information content (AvgIpc) is 2.87. The highest BCUT2D eigenvalue weighted by atomic mass is 35.5. The summed E-state index contributed by atoms with van der Waals surface area (Å²) in [5.41, 5.74) is 2.03. The Kier molecular flexibility index (Phi) is 4.72. The Labute approximate surface area is 135 Å². The minimum atomic E-state index is -1.92. The minimum Gasteiger partial charge on any atom is -0.464 e. The van der Waals surface area contributed by atoms with E-state index in [9.17, 15) is 4.57 Å². The van der Waals surface area contributed by atoms with Crippen LogP contribution in [-0.2, 0) is 9.09 Å². The first-order chi connectivity index (χ1) is 10.6. The van der Waals surface area contributed by atoms with Gasteiger partial charge < -0.3 is 14.2 Å². The molecule has 2 aromatic carbocycles. The van der Waals surface area contributed by atoms with Gasteiger partial charge in [-0.25, -0.2) is 0 Å². The summed E-state index contributed by atoms with van der Waals surface area (Å²) in [6, 6.07) is 15.5. The van der Waals surface area contributed by atoms with Crippen molar-refractivity contribution in [1.82, 2.24) is 0 Å². The SMILES string of the molecule is C[PH](=O)OCCN1c2ccccc2OC1c1ccc(Cl)cc1. The van der Waals surface area contributed by atoms with Gasteiger partial charge >= 0.3 is 0 Å². The van der Waals surface area contributed by atoms with Crippen LogP contribution in [0.25, 0.3) is 0 Å². The fraction of sp³-hybridized carbons (Fsp3) is 0.250. The summed E-state index contributed by atoms with van der Waals surface area (Å²) in [6.45, 7) is 2.60. The zero-order valence-electron chi connectivity index (χ0n) is 12.2. The molecular formula is C16H17ClNO3P. The maximum atomic E-state index is 11.2. The molecule has 0 aromatic heterocycles. The van der Waals surface area contributed by atoms with Gasteiger partial charge in [0.25, 0.3) is 0 Å². The maximum absolute atomic E-state index is 11.2. The molecule has 0 saturated carbocycles. The lowest BCUT2D eigenvalue weighted by atomic mass is 10.2. The molecule has 0 bridgehead atoms. The number of ether oxygens (including phenoxy) is 1. The zero-order valence-corrected chi connectivity index (χ0v) is 13.9. The Morgan fingerprint density at radius 2 is 1.95 bits per heavy atom. The van der Waals surface area contributed by atoms with E-state index in [0.717, 1.165) is 17.0 Å². The minimum absolute atomic E-state index is 0.225. The molecular weight excluding hydrogens is 321 g/mol. The van der Waals surface area contributed by atoms with Gasteiger partial charge in [0.2, 0.25) is 0 Å². The van der Waals surface area contributed by atoms with Crippen molar-refractivity contribution in [2.75, 3.05) is 24.7 Å². The molecule has 4 nitrogen and oxygen atoms in total. The highest BCUT2D eigenvalue weighted by Crippen LogP contribution is 2.43. The van der Waals surface area contributed by atoms with Crippen molar-refractivity contribution < 1.29 is 13.8 Å². The Hall–Kier alpha value is -1.48. The standard InChI is InChI=1S/C16H17ClNO3P/c1-22(19)20-11-10-18-14-4-2-3-5-15(14)21-16(18)12-6-8-13(17)9-7-12/h2-9,16,22H,10-11H2,1H3. The van der Waals surface area contributed by atoms with Crippen molar-refractivity contribution in [3.63, 3.8) is 0 Å². The van der Waals surface area contributed by atoms with Gasteiger partial charge in [0.15, 0.2) is 14.3 Å². The lowest BCUT2D eigenvalue weighted by Gasteiger charge is -2.25. The lowest BCUT2D eigenvalue weighted by molar-refractivity contribution is 0.220. The van der Waals surface area contributed by atoms with Crippen molar-refractivity contribution in [2.45, 2.75) is 6.23 Å². The van der Waals surface area contributed by atoms with E-state index in [1.807, 2.05) is 48.5 Å². The van der Waals surface area contributed by atoms with E-state index in [2.05, 4.69) is 4.90 Å². The van der Waals surface area contributed by atoms with Crippen LogP contribution in [0.5, 0.6) is 5.75 Å². The third-order valence-electron chi connectivity index (χ3n) is 3.49. The molecule has 3 rings (SSSR count). The summed E-state index contributed by atoms with van der Waals surface area (Å²) in [7, 11) is -1.92. The molecule has 0 aliphatic carbocycles. The smallest absolute Gasteiger partial charge is 0.199 e. The topological polar surface area (TPSA) is 38.8 Å². The molecule has 2 atom stereocenters. The second-order valence-corrected chi connectivity index (χ2v) is 6.73. The molecule has 6 heteroatoms. The first-order valence-electron chi connectivity index (χ1n) is 7.06. The van der Waals surface area contributed by atoms with Crippen LogP contribution < -0.4 is 9.64 Å². The second-order valence-electron chi connectivity index (χ2n) is 5.02. The molecule has 2 aromatic rings. The Bertz CT molecular complexity index is 677. The Morgan fingerprint density at radius 3 is 2.68 bits per heavy atom. The summed E-state index contributed by atoms with van der Waals surface area (Å²) in [4.78, 5) is 2.11. The van der Waals surface area contributed by atoms with Gasteiger partial charge in [-0.2, -0.15) is 0 Å². The van der Waals surface area contributed by atoms with Crippen molar-refractivity contribution >= 4 is 25.3 Å². The number of hydrogen-bond donors (Lipinski definition) is 0. The predicted octanol–water partition coefficient (Wildman–Crippen LogP) is 4.36. The first-order valence-corrected chi connectivity index (χ1v) is 9.26. The monoisotopic (exact) mass is 337 g/mol. The highest BCUT2D eigenvalue weighted by molar-refractivity contribution is 7.38. The number of fused-ring (bicyclic) bond motifs is 1. The maximum Gasteiger partial charge on any atom is 0.199 e. The van der Waals surface area contributed by atoms with E-state index in [0.29, 0.717) is 18.2 Å². The summed E-state index contributed by atoms with van der Waals surface area (Å²) in [5, 5.41) is 0.693. The van der Waals surface area contributed by atoms with Crippen LogP contribution in [0.2, 0.25) is 5.02 Å². The molecule has 116 valence electrons. The number of halogens is 1. The van der Waals surface area contributed by atoms with E-state index < -0.39 is 8.03 Å². The van der Waals surface area contributed by atoms with Crippen LogP contribution in [0.1, 0.15) is 11.8 Å². The number of anilines is 1. The van der Waals surface area contributed by atoms with E-state index in [-0.39, 0.29) is 6.23 Å². The molecule has 1 heterocycles. The molecule has 0 N–H and O–H groups in total. The number of rotatable bonds is 5. The van der Waals surface area contributed by atoms with Crippen LogP contribution in [0.4, 0.5) is 5.69 Å². The molecule has 2 unspecified atom stereocenters. The van der Waals surface area contributed by atoms with Crippen LogP contribution in [-0.4, -0.2) is 19.8 Å². The Morgan fingerprint density at radius 1 is 1.23 bits per heavy atom. The third-order valence-corrected chi connectivity index (χ3v) is 4.35. The lowest BCUT2D eigenvalue weighted by Crippen LogP contribution is -2.30. The number of benzene rings is 2. The molecule has 0 saturated heterocycles. The van der Waals surface area contributed by atoms with Crippen LogP contribution >= 0.6 is 19.6 Å². The van der Waals surface area contributed by atoms with Crippen molar-refractivity contribution in [3.8, 4) is 5.75 Å². The molecule has 0 spiro atoms. The number of hydrogen-bond acceptors (Lipinski definition) is 4. The molecule has 0 amide bonds. The van der Waals surface area contributed by atoms with Crippen molar-refractivity contribution in [3.05, 3.63) is 59.1 Å². The fourth-order valence-electron chi connectivity index (χ4n) is 2.51. The van der Waals surface area contributed by atoms with Gasteiger partial charge in [-0.15, -0.1) is 0 Å². The highest BCUT2D eigenvalue weighted by Gasteiger charge is 2.31. The van der Waals surface area contributed by atoms with E-state index in [4.69, 9.17) is 20.9 Å².